The third kappa shape index (κ3) is 12.7. The van der Waals surface area contributed by atoms with Gasteiger partial charge < -0.3 is 0 Å². The average Bonchev–Trinajstić information content (AvgIpc) is 2.38. The average molecular weight is 356 g/mol. The molecule has 128 valence electrons. The van der Waals surface area contributed by atoms with Crippen LogP contribution in [0.4, 0.5) is 4.39 Å². The van der Waals surface area contributed by atoms with Crippen molar-refractivity contribution in [1.29, 1.82) is 0 Å². The minimum Gasteiger partial charge on any atom is -0.274 e. The molecule has 0 aliphatic heterocycles. The Morgan fingerprint density at radius 2 is 1.50 bits per heavy atom. The molecule has 6 nitrogen and oxygen atoms in total. The summed E-state index contributed by atoms with van der Waals surface area (Å²) in [6.07, 6.45) is 2.68. The molecule has 0 heterocycles. The van der Waals surface area contributed by atoms with Crippen LogP contribution in [0.5, 0.6) is 0 Å². The molecule has 22 heavy (non-hydrogen) atoms. The highest BCUT2D eigenvalue weighted by Gasteiger charge is 2.08. The minimum atomic E-state index is -3.38. The normalized spacial score (nSPS) is 13.1. The summed E-state index contributed by atoms with van der Waals surface area (Å²) in [5, 5.41) is 0. The fraction of sp³-hybridized carbons (Fsp3) is 0.538. The second-order valence-electron chi connectivity index (χ2n) is 4.80. The maximum atomic E-state index is 12.6. The van der Waals surface area contributed by atoms with Crippen LogP contribution in [0.3, 0.4) is 0 Å². The molecule has 0 fully saturated rings. The van der Waals surface area contributed by atoms with Gasteiger partial charge in [0, 0.05) is 0 Å². The molecule has 0 N–H and O–H groups in total. The summed E-state index contributed by atoms with van der Waals surface area (Å²) in [5.41, 5.74) is 0.964. The Hall–Kier alpha value is -1.03. The predicted octanol–water partition coefficient (Wildman–Crippen LogP) is 1.57. The molecule has 0 aliphatic carbocycles. The van der Waals surface area contributed by atoms with Gasteiger partial charge in [0.25, 0.3) is 20.2 Å². The summed E-state index contributed by atoms with van der Waals surface area (Å²) in [4.78, 5) is 0. The van der Waals surface area contributed by atoms with Crippen LogP contribution < -0.4 is 0 Å². The van der Waals surface area contributed by atoms with E-state index in [1.54, 1.807) is 12.1 Å². The van der Waals surface area contributed by atoms with Crippen LogP contribution in [-0.4, -0.2) is 43.1 Å². The van der Waals surface area contributed by atoms with Crippen LogP contribution in [0.25, 0.3) is 0 Å². The Morgan fingerprint density at radius 1 is 1.05 bits per heavy atom. The number of hydrogen-bond donors (Lipinski definition) is 0. The Balaban J connectivity index is 0.000000626. The summed E-state index contributed by atoms with van der Waals surface area (Å²) in [6.45, 7) is 2.03. The van der Waals surface area contributed by atoms with Crippen molar-refractivity contribution in [3.05, 3.63) is 35.6 Å². The van der Waals surface area contributed by atoms with Crippen LogP contribution in [0.1, 0.15) is 12.5 Å². The van der Waals surface area contributed by atoms with Gasteiger partial charge in [-0.25, -0.2) is 4.39 Å². The van der Waals surface area contributed by atoms with Crippen LogP contribution >= 0.6 is 0 Å². The van der Waals surface area contributed by atoms with E-state index < -0.39 is 20.2 Å². The predicted molar refractivity (Wildman–Crippen MR) is 81.9 cm³/mol. The smallest absolute Gasteiger partial charge is 0.264 e. The molecule has 1 atom stereocenters. The van der Waals surface area contributed by atoms with E-state index in [0.717, 1.165) is 25.2 Å². The minimum absolute atomic E-state index is 0.0696. The zero-order valence-electron chi connectivity index (χ0n) is 12.9. The number of rotatable bonds is 6. The van der Waals surface area contributed by atoms with Gasteiger partial charge in [-0.1, -0.05) is 19.1 Å². The molecule has 0 spiro atoms. The van der Waals surface area contributed by atoms with Crippen molar-refractivity contribution in [2.75, 3.05) is 26.2 Å². The van der Waals surface area contributed by atoms with Crippen molar-refractivity contribution in [2.45, 2.75) is 13.3 Å². The maximum Gasteiger partial charge on any atom is 0.264 e. The van der Waals surface area contributed by atoms with Gasteiger partial charge in [0.05, 0.1) is 26.2 Å². The zero-order chi connectivity index (χ0) is 17.4. The van der Waals surface area contributed by atoms with Gasteiger partial charge in [-0.2, -0.15) is 16.8 Å². The molecule has 0 aromatic heterocycles. The Morgan fingerprint density at radius 3 is 1.86 bits per heavy atom. The highest BCUT2D eigenvalue weighted by atomic mass is 32.2. The van der Waals surface area contributed by atoms with Gasteiger partial charge in [0.2, 0.25) is 0 Å². The van der Waals surface area contributed by atoms with Crippen molar-refractivity contribution in [2.24, 2.45) is 5.92 Å². The lowest BCUT2D eigenvalue weighted by atomic mass is 10.0. The van der Waals surface area contributed by atoms with Gasteiger partial charge in [-0.15, -0.1) is 0 Å². The van der Waals surface area contributed by atoms with Gasteiger partial charge in [0.1, 0.15) is 5.82 Å². The van der Waals surface area contributed by atoms with Crippen molar-refractivity contribution in [3.8, 4) is 0 Å². The van der Waals surface area contributed by atoms with E-state index in [-0.39, 0.29) is 18.3 Å². The Labute approximate surface area is 131 Å². The molecule has 0 amide bonds. The molecule has 1 rings (SSSR count). The molecule has 0 bridgehead atoms. The van der Waals surface area contributed by atoms with E-state index in [9.17, 15) is 21.2 Å². The molecular formula is C13H21FO6S2. The standard InChI is InChI=1S/C11H15FO3S.C2H6O3S/c1-9(8-15-16(2,13)14)7-10-3-5-11(12)6-4-10;1-5-6(2,3)4/h3-6,9H,7-8H2,1-2H3;1-2H3. The molecule has 0 radical (unpaired) electrons. The SMILES string of the molecule is CC(COS(C)(=O)=O)Cc1ccc(F)cc1.COS(C)(=O)=O. The first-order valence-corrected chi connectivity index (χ1v) is 9.90. The fourth-order valence-electron chi connectivity index (χ4n) is 1.32. The molecule has 1 aromatic carbocycles. The highest BCUT2D eigenvalue weighted by Crippen LogP contribution is 2.10. The van der Waals surface area contributed by atoms with E-state index in [1.807, 2.05) is 6.92 Å². The number of halogens is 1. The first-order valence-electron chi connectivity index (χ1n) is 6.27. The van der Waals surface area contributed by atoms with E-state index >= 15 is 0 Å². The summed E-state index contributed by atoms with van der Waals surface area (Å²) in [6, 6.07) is 6.15. The summed E-state index contributed by atoms with van der Waals surface area (Å²) >= 11 is 0. The van der Waals surface area contributed by atoms with E-state index in [1.165, 1.54) is 12.1 Å². The Kier molecular flexibility index (Phi) is 8.76. The fourth-order valence-corrected chi connectivity index (χ4v) is 1.80. The number of hydrogen-bond acceptors (Lipinski definition) is 6. The molecule has 0 saturated carbocycles. The molecule has 0 aliphatic rings. The molecule has 0 saturated heterocycles. The Bertz CT molecular complexity index is 638. The largest absolute Gasteiger partial charge is 0.274 e. The van der Waals surface area contributed by atoms with Crippen LogP contribution in [-0.2, 0) is 35.0 Å². The molecule has 1 unspecified atom stereocenters. The lowest BCUT2D eigenvalue weighted by Crippen LogP contribution is -2.13. The summed E-state index contributed by atoms with van der Waals surface area (Å²) in [7, 11) is -5.42. The molecule has 9 heteroatoms. The quantitative estimate of drug-likeness (QED) is 0.719. The van der Waals surface area contributed by atoms with Crippen molar-refractivity contribution >= 4 is 20.2 Å². The molecular weight excluding hydrogens is 335 g/mol. The van der Waals surface area contributed by atoms with Crippen LogP contribution in [0.2, 0.25) is 0 Å². The van der Waals surface area contributed by atoms with Crippen LogP contribution in [0.15, 0.2) is 24.3 Å². The van der Waals surface area contributed by atoms with Gasteiger partial charge >= 0.3 is 0 Å². The van der Waals surface area contributed by atoms with E-state index in [0.29, 0.717) is 6.42 Å². The first kappa shape index (κ1) is 21.0. The maximum absolute atomic E-state index is 12.6. The van der Waals surface area contributed by atoms with Crippen LogP contribution in [0, 0.1) is 11.7 Å². The third-order valence-corrected chi connectivity index (χ3v) is 3.54. The second-order valence-corrected chi connectivity index (χ2v) is 8.18. The van der Waals surface area contributed by atoms with Gasteiger partial charge in [0.15, 0.2) is 0 Å². The second kappa shape index (κ2) is 9.19. The first-order chi connectivity index (χ1) is 9.93. The monoisotopic (exact) mass is 356 g/mol. The zero-order valence-corrected chi connectivity index (χ0v) is 14.6. The number of benzene rings is 1. The molecule has 1 aromatic rings. The third-order valence-electron chi connectivity index (χ3n) is 2.37. The van der Waals surface area contributed by atoms with E-state index in [4.69, 9.17) is 0 Å². The highest BCUT2D eigenvalue weighted by molar-refractivity contribution is 7.86. The summed E-state index contributed by atoms with van der Waals surface area (Å²) in [5.74, 6) is -0.205. The van der Waals surface area contributed by atoms with E-state index in [2.05, 4.69) is 8.37 Å². The van der Waals surface area contributed by atoms with Crippen molar-refractivity contribution in [3.63, 3.8) is 0 Å². The van der Waals surface area contributed by atoms with Crippen molar-refractivity contribution < 1.29 is 29.6 Å². The lowest BCUT2D eigenvalue weighted by Gasteiger charge is -2.10. The topological polar surface area (TPSA) is 86.7 Å². The van der Waals surface area contributed by atoms with Gasteiger partial charge in [-0.05, 0) is 30.0 Å². The lowest BCUT2D eigenvalue weighted by molar-refractivity contribution is 0.266. The van der Waals surface area contributed by atoms with Crippen molar-refractivity contribution in [1.82, 2.24) is 0 Å². The summed E-state index contributed by atoms with van der Waals surface area (Å²) < 4.78 is 62.3. The van der Waals surface area contributed by atoms with Gasteiger partial charge in [-0.3, -0.25) is 8.37 Å².